The highest BCUT2D eigenvalue weighted by atomic mass is 16.5. The first-order valence-electron chi connectivity index (χ1n) is 6.78. The van der Waals surface area contributed by atoms with E-state index in [9.17, 15) is 5.11 Å². The summed E-state index contributed by atoms with van der Waals surface area (Å²) in [7, 11) is 3.11. The molecule has 4 N–H and O–H groups in total. The molecule has 1 fully saturated rings. The normalized spacial score (nSPS) is 13.6. The zero-order valence-electron chi connectivity index (χ0n) is 12.9. The number of hydrogen-bond donors (Lipinski definition) is 4. The molecule has 0 spiro atoms. The molecule has 0 aliphatic carbocycles. The van der Waals surface area contributed by atoms with Crippen molar-refractivity contribution in [2.45, 2.75) is 0 Å². The molecule has 1 aliphatic rings. The Morgan fingerprint density at radius 1 is 1.04 bits per heavy atom. The smallest absolute Gasteiger partial charge is 0.414 e. The van der Waals surface area contributed by atoms with Gasteiger partial charge in [0.15, 0.2) is 11.5 Å². The second kappa shape index (κ2) is 8.69. The molecule has 0 unspecified atom stereocenters. The van der Waals surface area contributed by atoms with Crippen molar-refractivity contribution >= 4 is 17.6 Å². The summed E-state index contributed by atoms with van der Waals surface area (Å²) in [5, 5.41) is 27.8. The van der Waals surface area contributed by atoms with Gasteiger partial charge in [0.1, 0.15) is 0 Å². The van der Waals surface area contributed by atoms with Crippen molar-refractivity contribution in [1.29, 1.82) is 0 Å². The predicted octanol–water partition coefficient (Wildman–Crippen LogP) is -0.0254. The standard InChI is InChI=1S/C12H18N2O3.C2H2O4/c1-16-11-9(14-7-5-13-6-8-14)3-4-10(15)12(11)17-2;3-1(4)2(5)6/h3-4,13,15H,5-8H2,1-2H3;(H,3,4)(H,5,6). The maximum absolute atomic E-state index is 9.71. The fraction of sp³-hybridized carbons (Fsp3) is 0.429. The van der Waals surface area contributed by atoms with E-state index < -0.39 is 11.9 Å². The highest BCUT2D eigenvalue weighted by Gasteiger charge is 2.20. The largest absolute Gasteiger partial charge is 0.504 e. The highest BCUT2D eigenvalue weighted by molar-refractivity contribution is 6.27. The fourth-order valence-electron chi connectivity index (χ4n) is 2.09. The molecule has 1 aromatic rings. The lowest BCUT2D eigenvalue weighted by Crippen LogP contribution is -2.43. The van der Waals surface area contributed by atoms with Crippen LogP contribution in [0, 0.1) is 0 Å². The van der Waals surface area contributed by atoms with Crippen LogP contribution in [0.4, 0.5) is 5.69 Å². The first-order valence-corrected chi connectivity index (χ1v) is 6.78. The number of nitrogens with zero attached hydrogens (tertiary/aromatic N) is 1. The number of ether oxygens (including phenoxy) is 2. The van der Waals surface area contributed by atoms with Crippen LogP contribution in [0.15, 0.2) is 12.1 Å². The van der Waals surface area contributed by atoms with Crippen molar-refractivity contribution in [2.24, 2.45) is 0 Å². The number of carboxylic acids is 2. The van der Waals surface area contributed by atoms with Crippen LogP contribution in [0.1, 0.15) is 0 Å². The zero-order valence-corrected chi connectivity index (χ0v) is 12.9. The van der Waals surface area contributed by atoms with Crippen molar-refractivity contribution in [3.63, 3.8) is 0 Å². The number of rotatable bonds is 3. The average Bonchev–Trinajstić information content (AvgIpc) is 2.55. The van der Waals surface area contributed by atoms with Gasteiger partial charge in [-0.2, -0.15) is 0 Å². The number of aliphatic carboxylic acids is 2. The lowest BCUT2D eigenvalue weighted by atomic mass is 10.2. The second-order valence-corrected chi connectivity index (χ2v) is 4.52. The zero-order chi connectivity index (χ0) is 17.4. The number of hydrogen-bond acceptors (Lipinski definition) is 7. The van der Waals surface area contributed by atoms with E-state index in [2.05, 4.69) is 10.2 Å². The van der Waals surface area contributed by atoms with Gasteiger partial charge in [-0.05, 0) is 12.1 Å². The number of carbonyl (C=O) groups is 2. The Hall–Kier alpha value is -2.68. The van der Waals surface area contributed by atoms with Crippen LogP contribution in [-0.4, -0.2) is 67.7 Å². The molecule has 0 atom stereocenters. The Morgan fingerprint density at radius 3 is 2.00 bits per heavy atom. The third kappa shape index (κ3) is 4.92. The maximum Gasteiger partial charge on any atom is 0.414 e. The minimum Gasteiger partial charge on any atom is -0.504 e. The Labute approximate surface area is 133 Å². The summed E-state index contributed by atoms with van der Waals surface area (Å²) in [6.07, 6.45) is 0. The molecule has 9 heteroatoms. The Bertz CT molecular complexity index is 544. The van der Waals surface area contributed by atoms with Gasteiger partial charge in [-0.1, -0.05) is 0 Å². The van der Waals surface area contributed by atoms with Crippen LogP contribution < -0.4 is 19.7 Å². The van der Waals surface area contributed by atoms with Gasteiger partial charge >= 0.3 is 11.9 Å². The number of phenols is 1. The lowest BCUT2D eigenvalue weighted by molar-refractivity contribution is -0.159. The van der Waals surface area contributed by atoms with Crippen molar-refractivity contribution in [1.82, 2.24) is 5.32 Å². The van der Waals surface area contributed by atoms with Crippen LogP contribution in [0.3, 0.4) is 0 Å². The molecule has 23 heavy (non-hydrogen) atoms. The van der Waals surface area contributed by atoms with Crippen molar-refractivity contribution in [3.8, 4) is 17.2 Å². The molecule has 1 aromatic carbocycles. The summed E-state index contributed by atoms with van der Waals surface area (Å²) in [5.41, 5.74) is 0.962. The first-order chi connectivity index (χ1) is 10.9. The molecule has 0 radical (unpaired) electrons. The molecule has 0 amide bonds. The molecule has 9 nitrogen and oxygen atoms in total. The topological polar surface area (TPSA) is 129 Å². The quantitative estimate of drug-likeness (QED) is 0.565. The number of piperazine rings is 1. The molecule has 128 valence electrons. The number of methoxy groups -OCH3 is 2. The average molecular weight is 328 g/mol. The van der Waals surface area contributed by atoms with E-state index in [0.717, 1.165) is 31.9 Å². The third-order valence-electron chi connectivity index (χ3n) is 3.12. The first kappa shape index (κ1) is 18.4. The number of carboxylic acid groups (broad SMARTS) is 2. The van der Waals surface area contributed by atoms with Crippen LogP contribution >= 0.6 is 0 Å². The van der Waals surface area contributed by atoms with Gasteiger partial charge in [-0.3, -0.25) is 0 Å². The summed E-state index contributed by atoms with van der Waals surface area (Å²) in [6, 6.07) is 3.50. The number of phenolic OH excluding ortho intramolecular Hbond substituents is 1. The van der Waals surface area contributed by atoms with E-state index in [1.807, 2.05) is 6.07 Å². The summed E-state index contributed by atoms with van der Waals surface area (Å²) in [5.74, 6) is -2.56. The second-order valence-electron chi connectivity index (χ2n) is 4.52. The molecular formula is C14H20N2O7. The van der Waals surface area contributed by atoms with E-state index in [0.29, 0.717) is 11.5 Å². The predicted molar refractivity (Wildman–Crippen MR) is 81.6 cm³/mol. The minimum absolute atomic E-state index is 0.100. The van der Waals surface area contributed by atoms with Crippen LogP contribution in [0.25, 0.3) is 0 Å². The van der Waals surface area contributed by atoms with Crippen molar-refractivity contribution in [2.75, 3.05) is 45.3 Å². The fourth-order valence-corrected chi connectivity index (χ4v) is 2.09. The van der Waals surface area contributed by atoms with Gasteiger partial charge in [0.2, 0.25) is 5.75 Å². The molecule has 1 heterocycles. The van der Waals surface area contributed by atoms with E-state index in [-0.39, 0.29) is 5.75 Å². The van der Waals surface area contributed by atoms with E-state index in [1.165, 1.54) is 7.11 Å². The van der Waals surface area contributed by atoms with Crippen LogP contribution in [0.5, 0.6) is 17.2 Å². The SMILES string of the molecule is COc1c(O)ccc(N2CCNCC2)c1OC.O=C(O)C(=O)O. The number of nitrogens with one attached hydrogen (secondary N) is 1. The summed E-state index contributed by atoms with van der Waals surface area (Å²) in [4.78, 5) is 20.4. The van der Waals surface area contributed by atoms with E-state index in [4.69, 9.17) is 29.3 Å². The lowest BCUT2D eigenvalue weighted by Gasteiger charge is -2.31. The number of aromatic hydroxyl groups is 1. The number of benzene rings is 1. The van der Waals surface area contributed by atoms with Gasteiger partial charge in [-0.25, -0.2) is 9.59 Å². The Morgan fingerprint density at radius 2 is 1.57 bits per heavy atom. The molecule has 2 rings (SSSR count). The molecule has 0 aromatic heterocycles. The molecular weight excluding hydrogens is 308 g/mol. The molecule has 1 aliphatic heterocycles. The van der Waals surface area contributed by atoms with Crippen molar-refractivity contribution in [3.05, 3.63) is 12.1 Å². The Kier molecular flexibility index (Phi) is 6.94. The maximum atomic E-state index is 9.71. The van der Waals surface area contributed by atoms with Crippen molar-refractivity contribution < 1.29 is 34.4 Å². The Balaban J connectivity index is 0.000000379. The molecule has 0 bridgehead atoms. The van der Waals surface area contributed by atoms with Crippen LogP contribution in [-0.2, 0) is 9.59 Å². The highest BCUT2D eigenvalue weighted by Crippen LogP contribution is 2.43. The summed E-state index contributed by atoms with van der Waals surface area (Å²) >= 11 is 0. The monoisotopic (exact) mass is 328 g/mol. The van der Waals surface area contributed by atoms with E-state index >= 15 is 0 Å². The van der Waals surface area contributed by atoms with Gasteiger partial charge in [0.25, 0.3) is 0 Å². The van der Waals surface area contributed by atoms with Gasteiger partial charge < -0.3 is 35.0 Å². The van der Waals surface area contributed by atoms with Gasteiger partial charge in [0, 0.05) is 26.2 Å². The summed E-state index contributed by atoms with van der Waals surface area (Å²) in [6.45, 7) is 3.74. The van der Waals surface area contributed by atoms with Crippen LogP contribution in [0.2, 0.25) is 0 Å². The molecule has 1 saturated heterocycles. The minimum atomic E-state index is -1.82. The van der Waals surface area contributed by atoms with Gasteiger partial charge in [-0.15, -0.1) is 0 Å². The summed E-state index contributed by atoms with van der Waals surface area (Å²) < 4.78 is 10.5. The number of anilines is 1. The molecule has 0 saturated carbocycles. The van der Waals surface area contributed by atoms with Gasteiger partial charge in [0.05, 0.1) is 19.9 Å². The van der Waals surface area contributed by atoms with E-state index in [1.54, 1.807) is 13.2 Å². The third-order valence-corrected chi connectivity index (χ3v) is 3.12.